The molecule has 0 bridgehead atoms. The minimum atomic E-state index is 0.555. The molecule has 0 radical (unpaired) electrons. The second-order valence-corrected chi connectivity index (χ2v) is 6.68. The molecule has 1 heterocycles. The van der Waals surface area contributed by atoms with Crippen molar-refractivity contribution in [3.8, 4) is 11.4 Å². The zero-order valence-corrected chi connectivity index (χ0v) is 13.6. The molecule has 1 aliphatic carbocycles. The van der Waals surface area contributed by atoms with Crippen molar-refractivity contribution < 1.29 is 0 Å². The highest BCUT2D eigenvalue weighted by molar-refractivity contribution is 5.83. The molecule has 23 heavy (non-hydrogen) atoms. The summed E-state index contributed by atoms with van der Waals surface area (Å²) < 4.78 is 0. The maximum Gasteiger partial charge on any atom is 0.160 e. The van der Waals surface area contributed by atoms with Gasteiger partial charge < -0.3 is 0 Å². The van der Waals surface area contributed by atoms with Gasteiger partial charge in [-0.3, -0.25) is 0 Å². The molecule has 0 aliphatic heterocycles. The monoisotopic (exact) mass is 302 g/mol. The zero-order valence-electron chi connectivity index (χ0n) is 13.6. The summed E-state index contributed by atoms with van der Waals surface area (Å²) in [6, 6.07) is 18.8. The molecule has 1 saturated carbocycles. The molecule has 2 atom stereocenters. The third-order valence-electron chi connectivity index (χ3n) is 5.13. The van der Waals surface area contributed by atoms with Crippen molar-refractivity contribution in [2.75, 3.05) is 0 Å². The van der Waals surface area contributed by atoms with Crippen molar-refractivity contribution in [2.24, 2.45) is 5.92 Å². The molecular weight excluding hydrogens is 280 g/mol. The van der Waals surface area contributed by atoms with Gasteiger partial charge in [0.2, 0.25) is 0 Å². The number of benzene rings is 2. The largest absolute Gasteiger partial charge is 0.232 e. The lowest BCUT2D eigenvalue weighted by molar-refractivity contribution is 0.327. The van der Waals surface area contributed by atoms with E-state index in [1.165, 1.54) is 36.8 Å². The SMILES string of the molecule is C[C@H]1CCCC[C@@H]1c1nc(-c2ccccc2)nc2ccccc12. The lowest BCUT2D eigenvalue weighted by atomic mass is 9.77. The first-order valence-electron chi connectivity index (χ1n) is 8.65. The Morgan fingerprint density at radius 3 is 2.39 bits per heavy atom. The van der Waals surface area contributed by atoms with Gasteiger partial charge in [-0.25, -0.2) is 9.97 Å². The van der Waals surface area contributed by atoms with E-state index in [0.717, 1.165) is 16.9 Å². The van der Waals surface area contributed by atoms with Crippen LogP contribution in [0, 0.1) is 5.92 Å². The number of aromatic nitrogens is 2. The molecular formula is C21H22N2. The average molecular weight is 302 g/mol. The van der Waals surface area contributed by atoms with Crippen LogP contribution < -0.4 is 0 Å². The predicted molar refractivity (Wildman–Crippen MR) is 95.3 cm³/mol. The van der Waals surface area contributed by atoms with Crippen molar-refractivity contribution in [3.05, 3.63) is 60.3 Å². The Kier molecular flexibility index (Phi) is 3.82. The Bertz CT molecular complexity index is 810. The van der Waals surface area contributed by atoms with Gasteiger partial charge in [0.05, 0.1) is 11.2 Å². The summed E-state index contributed by atoms with van der Waals surface area (Å²) in [7, 11) is 0. The van der Waals surface area contributed by atoms with E-state index >= 15 is 0 Å². The molecule has 0 amide bonds. The Morgan fingerprint density at radius 1 is 0.826 bits per heavy atom. The van der Waals surface area contributed by atoms with Crippen LogP contribution in [0.25, 0.3) is 22.3 Å². The number of hydrogen-bond acceptors (Lipinski definition) is 2. The summed E-state index contributed by atoms with van der Waals surface area (Å²) in [5.41, 5.74) is 3.42. The average Bonchev–Trinajstić information content (AvgIpc) is 2.62. The second kappa shape index (κ2) is 6.11. The van der Waals surface area contributed by atoms with Crippen molar-refractivity contribution in [1.29, 1.82) is 0 Å². The van der Waals surface area contributed by atoms with Crippen molar-refractivity contribution >= 4 is 10.9 Å². The van der Waals surface area contributed by atoms with E-state index in [1.54, 1.807) is 0 Å². The Balaban J connectivity index is 1.91. The van der Waals surface area contributed by atoms with Gasteiger partial charge in [0.15, 0.2) is 5.82 Å². The maximum absolute atomic E-state index is 5.03. The molecule has 0 saturated heterocycles. The molecule has 4 rings (SSSR count). The number of rotatable bonds is 2. The fourth-order valence-electron chi connectivity index (χ4n) is 3.82. The first-order chi connectivity index (χ1) is 11.3. The Morgan fingerprint density at radius 2 is 1.57 bits per heavy atom. The zero-order chi connectivity index (χ0) is 15.6. The molecule has 0 N–H and O–H groups in total. The van der Waals surface area contributed by atoms with Crippen molar-refractivity contribution in [3.63, 3.8) is 0 Å². The highest BCUT2D eigenvalue weighted by atomic mass is 14.9. The van der Waals surface area contributed by atoms with Gasteiger partial charge in [-0.2, -0.15) is 0 Å². The topological polar surface area (TPSA) is 25.8 Å². The van der Waals surface area contributed by atoms with Gasteiger partial charge >= 0.3 is 0 Å². The minimum absolute atomic E-state index is 0.555. The Labute approximate surface area is 137 Å². The molecule has 116 valence electrons. The van der Waals surface area contributed by atoms with Crippen molar-refractivity contribution in [1.82, 2.24) is 9.97 Å². The van der Waals surface area contributed by atoms with Crippen LogP contribution >= 0.6 is 0 Å². The van der Waals surface area contributed by atoms with E-state index in [2.05, 4.69) is 55.5 Å². The van der Waals surface area contributed by atoms with Gasteiger partial charge in [0.1, 0.15) is 0 Å². The summed E-state index contributed by atoms with van der Waals surface area (Å²) in [6.45, 7) is 2.38. The van der Waals surface area contributed by atoms with Crippen LogP contribution in [0.4, 0.5) is 0 Å². The van der Waals surface area contributed by atoms with Crippen LogP contribution in [0.1, 0.15) is 44.2 Å². The van der Waals surface area contributed by atoms with Crippen molar-refractivity contribution in [2.45, 2.75) is 38.5 Å². The van der Waals surface area contributed by atoms with Crippen LogP contribution in [-0.4, -0.2) is 9.97 Å². The number of fused-ring (bicyclic) bond motifs is 1. The van der Waals surface area contributed by atoms with E-state index in [-0.39, 0.29) is 0 Å². The highest BCUT2D eigenvalue weighted by Gasteiger charge is 2.26. The fourth-order valence-corrected chi connectivity index (χ4v) is 3.82. The number of hydrogen-bond donors (Lipinski definition) is 0. The molecule has 0 unspecified atom stereocenters. The molecule has 2 aromatic carbocycles. The molecule has 1 aromatic heterocycles. The fraction of sp³-hybridized carbons (Fsp3) is 0.333. The molecule has 1 aliphatic rings. The Hall–Kier alpha value is -2.22. The standard InChI is InChI=1S/C21H22N2/c1-15-9-5-6-12-17(15)20-18-13-7-8-14-19(18)22-21(23-20)16-10-3-2-4-11-16/h2-4,7-8,10-11,13-15,17H,5-6,9,12H2,1H3/t15-,17-/m0/s1. The van der Waals surface area contributed by atoms with Crippen LogP contribution in [0.3, 0.4) is 0 Å². The van der Waals surface area contributed by atoms with Gasteiger partial charge in [0, 0.05) is 16.9 Å². The van der Waals surface area contributed by atoms with Crippen LogP contribution in [-0.2, 0) is 0 Å². The van der Waals surface area contributed by atoms with Gasteiger partial charge in [0.25, 0.3) is 0 Å². The van der Waals surface area contributed by atoms with E-state index < -0.39 is 0 Å². The van der Waals surface area contributed by atoms with Gasteiger partial charge in [-0.1, -0.05) is 74.7 Å². The summed E-state index contributed by atoms with van der Waals surface area (Å²) >= 11 is 0. The lowest BCUT2D eigenvalue weighted by Crippen LogP contribution is -2.17. The molecule has 2 nitrogen and oxygen atoms in total. The highest BCUT2D eigenvalue weighted by Crippen LogP contribution is 2.39. The van der Waals surface area contributed by atoms with E-state index in [4.69, 9.17) is 9.97 Å². The summed E-state index contributed by atoms with van der Waals surface area (Å²) in [5, 5.41) is 1.23. The summed E-state index contributed by atoms with van der Waals surface area (Å²) in [6.07, 6.45) is 5.22. The third kappa shape index (κ3) is 2.74. The maximum atomic E-state index is 5.03. The second-order valence-electron chi connectivity index (χ2n) is 6.68. The molecule has 3 aromatic rings. The van der Waals surface area contributed by atoms with Gasteiger partial charge in [-0.05, 0) is 18.4 Å². The van der Waals surface area contributed by atoms with Crippen LogP contribution in [0.2, 0.25) is 0 Å². The van der Waals surface area contributed by atoms with Crippen LogP contribution in [0.15, 0.2) is 54.6 Å². The minimum Gasteiger partial charge on any atom is -0.232 e. The predicted octanol–water partition coefficient (Wildman–Crippen LogP) is 5.59. The number of nitrogens with zero attached hydrogens (tertiary/aromatic N) is 2. The molecule has 2 heteroatoms. The molecule has 1 fully saturated rings. The van der Waals surface area contributed by atoms with E-state index in [1.807, 2.05) is 6.07 Å². The summed E-state index contributed by atoms with van der Waals surface area (Å²) in [4.78, 5) is 9.85. The first kappa shape index (κ1) is 14.4. The van der Waals surface area contributed by atoms with Crippen LogP contribution in [0.5, 0.6) is 0 Å². The number of para-hydroxylation sites is 1. The first-order valence-corrected chi connectivity index (χ1v) is 8.65. The van der Waals surface area contributed by atoms with E-state index in [9.17, 15) is 0 Å². The van der Waals surface area contributed by atoms with E-state index in [0.29, 0.717) is 11.8 Å². The normalized spacial score (nSPS) is 21.4. The lowest BCUT2D eigenvalue weighted by Gasteiger charge is -2.29. The van der Waals surface area contributed by atoms with Gasteiger partial charge in [-0.15, -0.1) is 0 Å². The quantitative estimate of drug-likeness (QED) is 0.616. The third-order valence-corrected chi connectivity index (χ3v) is 5.13. The smallest absolute Gasteiger partial charge is 0.160 e. The molecule has 0 spiro atoms. The summed E-state index contributed by atoms with van der Waals surface area (Å²) in [5.74, 6) is 2.11.